The number of aliphatic hydroxyl groups excluding tert-OH is 1. The predicted octanol–water partition coefficient (Wildman–Crippen LogP) is 5.14. The number of aliphatic hydroxyl groups is 1. The standard InChI is InChI=1S/C28H34BrFN2O4Si/c1-18-26(37(2,3)30)24(15-25(34)31-13-7-10-21(31)17-33)36-28(18)22-14-20(29)11-12-23(22)32(27(28)35)16-19-8-5-4-6-9-19/h4-6,8-9,11-12,14,18,21,24,26,33H,7,10,13,15-17H2,1-3H3/t18-,21+,24+,26-,28+/m1/s1. The molecule has 0 unspecified atom stereocenters. The summed E-state index contributed by atoms with van der Waals surface area (Å²) in [6.07, 6.45) is 0.879. The van der Waals surface area contributed by atoms with Gasteiger partial charge in [0.1, 0.15) is 0 Å². The number of carbonyl (C=O) groups is 2. The number of nitrogens with zero attached hydrogens (tertiary/aromatic N) is 2. The second-order valence-electron chi connectivity index (χ2n) is 11.1. The second-order valence-corrected chi connectivity index (χ2v) is 15.8. The van der Waals surface area contributed by atoms with Crippen LogP contribution in [0.1, 0.15) is 37.3 Å². The van der Waals surface area contributed by atoms with Crippen molar-refractivity contribution in [1.82, 2.24) is 4.90 Å². The van der Waals surface area contributed by atoms with Crippen LogP contribution >= 0.6 is 15.9 Å². The molecule has 3 heterocycles. The Labute approximate surface area is 227 Å². The van der Waals surface area contributed by atoms with Crippen molar-refractivity contribution in [1.29, 1.82) is 0 Å². The summed E-state index contributed by atoms with van der Waals surface area (Å²) in [4.78, 5) is 31.1. The van der Waals surface area contributed by atoms with E-state index < -0.39 is 31.6 Å². The van der Waals surface area contributed by atoms with Crippen molar-refractivity contribution < 1.29 is 23.5 Å². The molecule has 0 bridgehead atoms. The van der Waals surface area contributed by atoms with Crippen molar-refractivity contribution in [2.45, 2.75) is 69.1 Å². The fourth-order valence-electron chi connectivity index (χ4n) is 6.79. The number of anilines is 1. The summed E-state index contributed by atoms with van der Waals surface area (Å²) in [5.74, 6) is -0.801. The molecule has 198 valence electrons. The summed E-state index contributed by atoms with van der Waals surface area (Å²) in [5, 5.41) is 9.72. The van der Waals surface area contributed by atoms with Crippen LogP contribution in [0.5, 0.6) is 0 Å². The predicted molar refractivity (Wildman–Crippen MR) is 146 cm³/mol. The van der Waals surface area contributed by atoms with Gasteiger partial charge < -0.3 is 23.8 Å². The lowest BCUT2D eigenvalue weighted by Crippen LogP contribution is -2.45. The van der Waals surface area contributed by atoms with E-state index in [0.29, 0.717) is 13.1 Å². The molecule has 3 aliphatic heterocycles. The van der Waals surface area contributed by atoms with Gasteiger partial charge in [0, 0.05) is 28.0 Å². The van der Waals surface area contributed by atoms with Crippen LogP contribution < -0.4 is 4.90 Å². The molecular weight excluding hydrogens is 555 g/mol. The van der Waals surface area contributed by atoms with Gasteiger partial charge in [0.2, 0.25) is 14.3 Å². The van der Waals surface area contributed by atoms with Gasteiger partial charge in [0.25, 0.3) is 5.91 Å². The maximum Gasteiger partial charge on any atom is 0.264 e. The molecule has 1 N–H and O–H groups in total. The number of fused-ring (bicyclic) bond motifs is 2. The Hall–Kier alpha value is -2.07. The molecule has 0 aromatic heterocycles. The summed E-state index contributed by atoms with van der Waals surface area (Å²) in [6, 6.07) is 15.3. The van der Waals surface area contributed by atoms with E-state index in [-0.39, 0.29) is 30.9 Å². The highest BCUT2D eigenvalue weighted by Gasteiger charge is 2.67. The molecule has 0 aliphatic carbocycles. The molecule has 2 aromatic carbocycles. The van der Waals surface area contributed by atoms with Crippen LogP contribution in [0.15, 0.2) is 53.0 Å². The van der Waals surface area contributed by atoms with Gasteiger partial charge in [-0.15, -0.1) is 0 Å². The molecule has 0 saturated carbocycles. The Bertz CT molecular complexity index is 1190. The fraction of sp³-hybridized carbons (Fsp3) is 0.500. The Kier molecular flexibility index (Phi) is 7.11. The van der Waals surface area contributed by atoms with Crippen LogP contribution in [-0.4, -0.2) is 55.5 Å². The molecule has 1 spiro atoms. The number of hydrogen-bond acceptors (Lipinski definition) is 4. The highest BCUT2D eigenvalue weighted by atomic mass is 79.9. The van der Waals surface area contributed by atoms with Gasteiger partial charge in [-0.3, -0.25) is 9.59 Å². The lowest BCUT2D eigenvalue weighted by molar-refractivity contribution is -0.150. The maximum atomic E-state index is 16.0. The summed E-state index contributed by atoms with van der Waals surface area (Å²) in [7, 11) is -3.36. The average molecular weight is 590 g/mol. The molecule has 5 atom stereocenters. The molecule has 2 fully saturated rings. The van der Waals surface area contributed by atoms with Crippen LogP contribution in [0, 0.1) is 5.92 Å². The molecule has 9 heteroatoms. The highest BCUT2D eigenvalue weighted by Crippen LogP contribution is 2.60. The summed E-state index contributed by atoms with van der Waals surface area (Å²) in [6.45, 7) is 6.07. The Balaban J connectivity index is 1.54. The van der Waals surface area contributed by atoms with Gasteiger partial charge in [-0.25, -0.2) is 0 Å². The number of amides is 2. The first-order chi connectivity index (χ1) is 17.6. The van der Waals surface area contributed by atoms with Gasteiger partial charge in [-0.2, -0.15) is 0 Å². The van der Waals surface area contributed by atoms with E-state index in [0.717, 1.165) is 34.1 Å². The molecule has 3 aliphatic rings. The SMILES string of the molecule is C[C@@H]1[C@@H]([Si](C)(C)F)[C@H](CC(=O)N2CCC[C@H]2CO)O[C@@]12C(=O)N(Cc1ccccc1)c1ccc(Br)cc12. The van der Waals surface area contributed by atoms with E-state index in [2.05, 4.69) is 15.9 Å². The molecule has 2 saturated heterocycles. The normalized spacial score (nSPS) is 29.4. The van der Waals surface area contributed by atoms with E-state index in [9.17, 15) is 14.7 Å². The van der Waals surface area contributed by atoms with Crippen LogP contribution in [0.4, 0.5) is 9.80 Å². The third-order valence-corrected chi connectivity index (χ3v) is 11.3. The fourth-order valence-corrected chi connectivity index (χ4v) is 9.64. The van der Waals surface area contributed by atoms with Crippen molar-refractivity contribution in [2.24, 2.45) is 5.92 Å². The third-order valence-electron chi connectivity index (χ3n) is 8.39. The molecule has 2 amide bonds. The van der Waals surface area contributed by atoms with Crippen molar-refractivity contribution in [3.63, 3.8) is 0 Å². The number of hydrogen-bond donors (Lipinski definition) is 1. The van der Waals surface area contributed by atoms with Crippen molar-refractivity contribution in [3.8, 4) is 0 Å². The molecule has 37 heavy (non-hydrogen) atoms. The Morgan fingerprint density at radius 2 is 1.97 bits per heavy atom. The largest absolute Gasteiger partial charge is 0.394 e. The number of likely N-dealkylation sites (tertiary alicyclic amines) is 1. The number of benzene rings is 2. The molecule has 2 aromatic rings. The van der Waals surface area contributed by atoms with Gasteiger partial charge >= 0.3 is 0 Å². The zero-order chi connectivity index (χ0) is 26.5. The molecule has 0 radical (unpaired) electrons. The summed E-state index contributed by atoms with van der Waals surface area (Å²) < 4.78 is 23.5. The van der Waals surface area contributed by atoms with Crippen LogP contribution in [-0.2, 0) is 26.5 Å². The Morgan fingerprint density at radius 3 is 2.65 bits per heavy atom. The summed E-state index contributed by atoms with van der Waals surface area (Å²) >= 11 is 3.56. The number of halogens is 2. The van der Waals surface area contributed by atoms with Gasteiger partial charge in [0.15, 0.2) is 5.60 Å². The molecule has 6 nitrogen and oxygen atoms in total. The molecular formula is C28H34BrFN2O4Si. The van der Waals surface area contributed by atoms with E-state index >= 15 is 4.11 Å². The monoisotopic (exact) mass is 588 g/mol. The average Bonchev–Trinajstić information content (AvgIpc) is 3.50. The first-order valence-corrected chi connectivity index (χ1v) is 16.8. The second kappa shape index (κ2) is 9.91. The smallest absolute Gasteiger partial charge is 0.264 e. The minimum Gasteiger partial charge on any atom is -0.394 e. The zero-order valence-corrected chi connectivity index (χ0v) is 24.1. The van der Waals surface area contributed by atoms with E-state index in [1.807, 2.05) is 55.5 Å². The van der Waals surface area contributed by atoms with E-state index in [1.165, 1.54) is 0 Å². The maximum absolute atomic E-state index is 16.0. The minimum absolute atomic E-state index is 0.00289. The van der Waals surface area contributed by atoms with E-state index in [1.54, 1.807) is 22.9 Å². The van der Waals surface area contributed by atoms with Crippen LogP contribution in [0.2, 0.25) is 18.6 Å². The number of carbonyl (C=O) groups excluding carboxylic acids is 2. The van der Waals surface area contributed by atoms with Crippen molar-refractivity contribution in [2.75, 3.05) is 18.1 Å². The highest BCUT2D eigenvalue weighted by molar-refractivity contribution is 9.10. The topological polar surface area (TPSA) is 70.1 Å². The molecule has 5 rings (SSSR count). The third kappa shape index (κ3) is 4.47. The van der Waals surface area contributed by atoms with Crippen molar-refractivity contribution >= 4 is 41.8 Å². The van der Waals surface area contributed by atoms with Gasteiger partial charge in [0.05, 0.1) is 37.4 Å². The number of rotatable bonds is 6. The Morgan fingerprint density at radius 1 is 1.24 bits per heavy atom. The van der Waals surface area contributed by atoms with Crippen LogP contribution in [0.25, 0.3) is 0 Å². The number of ether oxygens (including phenoxy) is 1. The lowest BCUT2D eigenvalue weighted by atomic mass is 9.82. The van der Waals surface area contributed by atoms with Crippen LogP contribution in [0.3, 0.4) is 0 Å². The lowest BCUT2D eigenvalue weighted by Gasteiger charge is -2.31. The quantitative estimate of drug-likeness (QED) is 0.374. The zero-order valence-electron chi connectivity index (χ0n) is 21.5. The van der Waals surface area contributed by atoms with Gasteiger partial charge in [-0.05, 0) is 49.7 Å². The minimum atomic E-state index is -3.36. The first-order valence-electron chi connectivity index (χ1n) is 13.0. The van der Waals surface area contributed by atoms with Crippen molar-refractivity contribution in [3.05, 3.63) is 64.1 Å². The summed E-state index contributed by atoms with van der Waals surface area (Å²) in [5.41, 5.74) is 0.566. The van der Waals surface area contributed by atoms with E-state index in [4.69, 9.17) is 4.74 Å². The van der Waals surface area contributed by atoms with Gasteiger partial charge in [-0.1, -0.05) is 53.2 Å². The first kappa shape index (κ1) is 26.5.